The van der Waals surface area contributed by atoms with Gasteiger partial charge in [0.15, 0.2) is 11.5 Å². The van der Waals surface area contributed by atoms with E-state index in [4.69, 9.17) is 31.1 Å². The lowest BCUT2D eigenvalue weighted by Crippen LogP contribution is -2.65. The molecule has 1 amide bonds. The number of carbonyl (C=O) groups is 1. The minimum absolute atomic E-state index is 0.0719. The molecule has 6 nitrogen and oxygen atoms in total. The summed E-state index contributed by atoms with van der Waals surface area (Å²) in [6.07, 6.45) is -6.59. The molecule has 1 aliphatic rings. The van der Waals surface area contributed by atoms with Gasteiger partial charge in [0, 0.05) is 11.1 Å². The van der Waals surface area contributed by atoms with Crippen molar-refractivity contribution in [3.8, 4) is 23.3 Å². The van der Waals surface area contributed by atoms with E-state index < -0.39 is 18.2 Å². The first-order valence-electron chi connectivity index (χ1n) is 6.97. The van der Waals surface area contributed by atoms with Gasteiger partial charge < -0.3 is 14.2 Å². The van der Waals surface area contributed by atoms with Crippen molar-refractivity contribution in [1.29, 1.82) is 5.26 Å². The van der Waals surface area contributed by atoms with Gasteiger partial charge in [-0.3, -0.25) is 0 Å². The maximum Gasteiger partial charge on any atom is 0.492 e. The van der Waals surface area contributed by atoms with Crippen LogP contribution in [0.3, 0.4) is 0 Å². The molecule has 0 saturated heterocycles. The van der Waals surface area contributed by atoms with Crippen molar-refractivity contribution in [1.82, 2.24) is 5.32 Å². The fourth-order valence-corrected chi connectivity index (χ4v) is 2.24. The van der Waals surface area contributed by atoms with Crippen molar-refractivity contribution in [3.63, 3.8) is 0 Å². The number of fused-ring (bicyclic) bond motifs is 1. The summed E-state index contributed by atoms with van der Waals surface area (Å²) in [4.78, 5) is 11.9. The number of benzene rings is 2. The highest BCUT2D eigenvalue weighted by Gasteiger charge is 2.66. The minimum Gasteiger partial charge on any atom is -0.424 e. The molecule has 1 heterocycles. The first-order valence-corrected chi connectivity index (χ1v) is 7.35. The average molecular weight is 385 g/mol. The molecule has 0 aliphatic carbocycles. The van der Waals surface area contributed by atoms with Crippen molar-refractivity contribution in [3.05, 3.63) is 53.1 Å². The number of rotatable bonds is 2. The van der Waals surface area contributed by atoms with E-state index in [1.165, 1.54) is 41.7 Å². The van der Waals surface area contributed by atoms with Crippen LogP contribution >= 0.6 is 11.6 Å². The van der Waals surface area contributed by atoms with Gasteiger partial charge in [0.1, 0.15) is 5.75 Å². The van der Waals surface area contributed by atoms with Gasteiger partial charge >= 0.3 is 18.2 Å². The lowest BCUT2D eigenvalue weighted by molar-refractivity contribution is -0.318. The summed E-state index contributed by atoms with van der Waals surface area (Å²) in [6.45, 7) is 0. The third-order valence-electron chi connectivity index (χ3n) is 3.25. The largest absolute Gasteiger partial charge is 0.492 e. The maximum absolute atomic E-state index is 13.5. The number of hydrogen-bond acceptors (Lipinski definition) is 5. The summed E-state index contributed by atoms with van der Waals surface area (Å²) in [5, 5.41) is 10.4. The molecule has 1 atom stereocenters. The van der Waals surface area contributed by atoms with Crippen LogP contribution in [0.15, 0.2) is 42.5 Å². The molecule has 0 saturated carbocycles. The number of amides is 1. The molecule has 1 N–H and O–H groups in total. The highest BCUT2D eigenvalue weighted by atomic mass is 35.5. The lowest BCUT2D eigenvalue weighted by Gasteiger charge is -2.29. The Kier molecular flexibility index (Phi) is 4.29. The molecule has 0 bridgehead atoms. The third kappa shape index (κ3) is 3.32. The Morgan fingerprint density at radius 2 is 1.81 bits per heavy atom. The maximum atomic E-state index is 13.5. The first kappa shape index (κ1) is 17.7. The van der Waals surface area contributed by atoms with E-state index in [1.54, 1.807) is 0 Å². The number of ether oxygens (including phenoxy) is 3. The second-order valence-corrected chi connectivity index (χ2v) is 5.50. The van der Waals surface area contributed by atoms with Gasteiger partial charge in [0.2, 0.25) is 0 Å². The van der Waals surface area contributed by atoms with E-state index in [0.29, 0.717) is 5.56 Å². The Morgan fingerprint density at radius 1 is 1.15 bits per heavy atom. The van der Waals surface area contributed by atoms with Crippen LogP contribution in [-0.2, 0) is 0 Å². The van der Waals surface area contributed by atoms with Crippen molar-refractivity contribution < 1.29 is 32.2 Å². The van der Waals surface area contributed by atoms with Crippen LogP contribution in [0.1, 0.15) is 5.56 Å². The molecule has 3 rings (SSSR count). The summed E-state index contributed by atoms with van der Waals surface area (Å²) in [7, 11) is 0. The molecular weight excluding hydrogens is 377 g/mol. The topological polar surface area (TPSA) is 80.6 Å². The number of nitrogens with one attached hydrogen (secondary N) is 1. The average Bonchev–Trinajstić information content (AvgIpc) is 2.93. The van der Waals surface area contributed by atoms with Crippen LogP contribution in [0.4, 0.5) is 18.0 Å². The molecule has 2 aromatic carbocycles. The Bertz CT molecular complexity index is 896. The molecular formula is C16H8ClF3N2O4. The normalized spacial score (nSPS) is 18.1. The molecule has 0 spiro atoms. The fraction of sp³-hybridized carbons (Fsp3) is 0.125. The van der Waals surface area contributed by atoms with Crippen LogP contribution in [0, 0.1) is 11.3 Å². The SMILES string of the molecule is N#Cc1ccc(OC(=O)N[C@@]2(C(F)(F)F)Oc3ccc(Cl)cc3O2)cc1. The standard InChI is InChI=1S/C16H8ClF3N2O4/c17-10-3-6-12-13(7-10)26-16(25-12,15(18,19)20)22-14(23)24-11-4-1-9(8-21)2-5-11/h1-7H,(H,22,23)/t16-/m0/s1. The van der Waals surface area contributed by atoms with Gasteiger partial charge in [-0.15, -0.1) is 0 Å². The van der Waals surface area contributed by atoms with Crippen LogP contribution in [-0.4, -0.2) is 18.2 Å². The number of hydrogen-bond donors (Lipinski definition) is 1. The molecule has 26 heavy (non-hydrogen) atoms. The van der Waals surface area contributed by atoms with E-state index in [0.717, 1.165) is 6.07 Å². The van der Waals surface area contributed by atoms with Crippen molar-refractivity contribution >= 4 is 17.7 Å². The minimum atomic E-state index is -5.12. The van der Waals surface area contributed by atoms with E-state index in [2.05, 4.69) is 0 Å². The molecule has 134 valence electrons. The zero-order valence-electron chi connectivity index (χ0n) is 12.6. The monoisotopic (exact) mass is 384 g/mol. The number of nitrogens with zero attached hydrogens (tertiary/aromatic N) is 1. The van der Waals surface area contributed by atoms with Gasteiger partial charge in [0.05, 0.1) is 11.6 Å². The van der Waals surface area contributed by atoms with Crippen LogP contribution in [0.25, 0.3) is 0 Å². The molecule has 2 aromatic rings. The molecule has 1 aliphatic heterocycles. The van der Waals surface area contributed by atoms with Crippen LogP contribution < -0.4 is 19.5 Å². The van der Waals surface area contributed by atoms with Gasteiger partial charge in [-0.05, 0) is 36.4 Å². The summed E-state index contributed by atoms with van der Waals surface area (Å²) >= 11 is 5.72. The highest BCUT2D eigenvalue weighted by Crippen LogP contribution is 2.46. The van der Waals surface area contributed by atoms with E-state index in [9.17, 15) is 18.0 Å². The second kappa shape index (κ2) is 6.31. The lowest BCUT2D eigenvalue weighted by atomic mass is 10.2. The first-order chi connectivity index (χ1) is 12.2. The number of halogens is 4. The van der Waals surface area contributed by atoms with Gasteiger partial charge in [-0.2, -0.15) is 18.4 Å². The van der Waals surface area contributed by atoms with Gasteiger partial charge in [-0.25, -0.2) is 10.1 Å². The molecule has 0 aromatic heterocycles. The Labute approximate surface area is 149 Å². The molecule has 0 radical (unpaired) electrons. The highest BCUT2D eigenvalue weighted by molar-refractivity contribution is 6.30. The zero-order valence-corrected chi connectivity index (χ0v) is 13.4. The Hall–Kier alpha value is -3.12. The van der Waals surface area contributed by atoms with Crippen LogP contribution in [0.5, 0.6) is 17.2 Å². The van der Waals surface area contributed by atoms with E-state index in [-0.39, 0.29) is 22.3 Å². The van der Waals surface area contributed by atoms with Crippen molar-refractivity contribution in [2.45, 2.75) is 12.1 Å². The van der Waals surface area contributed by atoms with Crippen molar-refractivity contribution in [2.75, 3.05) is 0 Å². The van der Waals surface area contributed by atoms with Crippen molar-refractivity contribution in [2.24, 2.45) is 0 Å². The van der Waals surface area contributed by atoms with Gasteiger partial charge in [0.25, 0.3) is 0 Å². The zero-order chi connectivity index (χ0) is 18.9. The molecule has 0 unspecified atom stereocenters. The number of alkyl halides is 3. The smallest absolute Gasteiger partial charge is 0.424 e. The Balaban J connectivity index is 1.80. The predicted molar refractivity (Wildman–Crippen MR) is 81.8 cm³/mol. The van der Waals surface area contributed by atoms with Crippen LogP contribution in [0.2, 0.25) is 5.02 Å². The summed E-state index contributed by atoms with van der Waals surface area (Å²) in [6, 6.07) is 10.6. The summed E-state index contributed by atoms with van der Waals surface area (Å²) in [5.74, 6) is -4.06. The molecule has 0 fully saturated rings. The summed E-state index contributed by atoms with van der Waals surface area (Å²) in [5.41, 5.74) is 0.291. The Morgan fingerprint density at radius 3 is 2.42 bits per heavy atom. The van der Waals surface area contributed by atoms with E-state index >= 15 is 0 Å². The van der Waals surface area contributed by atoms with Gasteiger partial charge in [-0.1, -0.05) is 11.6 Å². The summed E-state index contributed by atoms with van der Waals surface area (Å²) < 4.78 is 54.8. The number of nitriles is 1. The molecule has 10 heteroatoms. The number of carbonyl (C=O) groups excluding carboxylic acids is 1. The quantitative estimate of drug-likeness (QED) is 0.846. The fourth-order valence-electron chi connectivity index (χ4n) is 2.08. The third-order valence-corrected chi connectivity index (χ3v) is 3.48. The van der Waals surface area contributed by atoms with E-state index in [1.807, 2.05) is 6.07 Å². The second-order valence-electron chi connectivity index (χ2n) is 5.06. The predicted octanol–water partition coefficient (Wildman–Crippen LogP) is 3.99.